The maximum Gasteiger partial charge on any atom is 0.271 e. The van der Waals surface area contributed by atoms with Gasteiger partial charge in [-0.25, -0.2) is 8.42 Å². The van der Waals surface area contributed by atoms with E-state index in [0.29, 0.717) is 18.5 Å². The Morgan fingerprint density at radius 3 is 2.76 bits per heavy atom. The van der Waals surface area contributed by atoms with E-state index in [0.717, 1.165) is 11.3 Å². The molecule has 1 N–H and O–H groups in total. The third-order valence-corrected chi connectivity index (χ3v) is 6.21. The van der Waals surface area contributed by atoms with Crippen LogP contribution in [0.15, 0.2) is 39.9 Å². The van der Waals surface area contributed by atoms with Crippen molar-refractivity contribution in [2.24, 2.45) is 0 Å². The highest BCUT2D eigenvalue weighted by Gasteiger charge is 2.22. The molecule has 2 heterocycles. The molecule has 1 amide bonds. The number of aryl methyl sites for hydroxylation is 1. The lowest BCUT2D eigenvalue weighted by Gasteiger charge is -2.26. The van der Waals surface area contributed by atoms with Crippen molar-refractivity contribution in [3.8, 4) is 0 Å². The van der Waals surface area contributed by atoms with E-state index in [-0.39, 0.29) is 10.1 Å². The minimum Gasteiger partial charge on any atom is -0.315 e. The Hall–Kier alpha value is -1.86. The van der Waals surface area contributed by atoms with Gasteiger partial charge >= 0.3 is 0 Å². The first-order chi connectivity index (χ1) is 9.97. The molecule has 0 atom stereocenters. The van der Waals surface area contributed by atoms with E-state index in [4.69, 9.17) is 0 Å². The van der Waals surface area contributed by atoms with Gasteiger partial charge in [0.2, 0.25) is 5.91 Å². The molecular formula is C14H14N2O3S2. The van der Waals surface area contributed by atoms with Crippen LogP contribution >= 0.6 is 11.3 Å². The number of fused-ring (bicyclic) bond motifs is 1. The summed E-state index contributed by atoms with van der Waals surface area (Å²) >= 11 is 1.18. The quantitative estimate of drug-likeness (QED) is 0.944. The summed E-state index contributed by atoms with van der Waals surface area (Å²) in [4.78, 5) is 13.2. The second-order valence-corrected chi connectivity index (χ2v) is 7.69. The van der Waals surface area contributed by atoms with Crippen LogP contribution < -0.4 is 9.62 Å². The molecule has 7 heteroatoms. The summed E-state index contributed by atoms with van der Waals surface area (Å²) in [6, 6.07) is 8.52. The molecule has 0 spiro atoms. The van der Waals surface area contributed by atoms with Crippen LogP contribution in [0, 0.1) is 0 Å². The predicted octanol–water partition coefficient (Wildman–Crippen LogP) is 2.46. The van der Waals surface area contributed by atoms with Gasteiger partial charge in [-0.1, -0.05) is 6.07 Å². The first-order valence-corrected chi connectivity index (χ1v) is 8.79. The van der Waals surface area contributed by atoms with Crippen molar-refractivity contribution in [3.63, 3.8) is 0 Å². The SMILES string of the molecule is CN1C(=O)CCc2cc(NS(=O)(=O)c3cccs3)ccc21. The first kappa shape index (κ1) is 14.1. The molecule has 0 aliphatic carbocycles. The zero-order valence-electron chi connectivity index (χ0n) is 11.4. The highest BCUT2D eigenvalue weighted by Crippen LogP contribution is 2.30. The summed E-state index contributed by atoms with van der Waals surface area (Å²) < 4.78 is 27.2. The number of amides is 1. The average Bonchev–Trinajstić information content (AvgIpc) is 2.98. The van der Waals surface area contributed by atoms with Gasteiger partial charge < -0.3 is 4.90 Å². The highest BCUT2D eigenvalue weighted by molar-refractivity contribution is 7.94. The maximum atomic E-state index is 12.2. The summed E-state index contributed by atoms with van der Waals surface area (Å²) in [5.41, 5.74) is 2.33. The second-order valence-electron chi connectivity index (χ2n) is 4.83. The molecular weight excluding hydrogens is 308 g/mol. The monoisotopic (exact) mass is 322 g/mol. The Balaban J connectivity index is 1.90. The van der Waals surface area contributed by atoms with Gasteiger partial charge in [0.05, 0.1) is 0 Å². The molecule has 1 aromatic heterocycles. The largest absolute Gasteiger partial charge is 0.315 e. The van der Waals surface area contributed by atoms with Gasteiger partial charge in [-0.3, -0.25) is 9.52 Å². The van der Waals surface area contributed by atoms with Crippen molar-refractivity contribution in [1.82, 2.24) is 0 Å². The van der Waals surface area contributed by atoms with Crippen LogP contribution in [0.4, 0.5) is 11.4 Å². The van der Waals surface area contributed by atoms with Crippen LogP contribution in [-0.2, 0) is 21.2 Å². The van der Waals surface area contributed by atoms with Gasteiger partial charge in [0.25, 0.3) is 10.0 Å². The molecule has 1 aliphatic heterocycles. The summed E-state index contributed by atoms with van der Waals surface area (Å²) in [5.74, 6) is 0.0782. The summed E-state index contributed by atoms with van der Waals surface area (Å²) in [6.07, 6.45) is 1.08. The molecule has 1 aliphatic rings. The lowest BCUT2D eigenvalue weighted by Crippen LogP contribution is -2.31. The fourth-order valence-electron chi connectivity index (χ4n) is 2.34. The molecule has 110 valence electrons. The van der Waals surface area contributed by atoms with E-state index in [1.807, 2.05) is 0 Å². The molecule has 0 saturated carbocycles. The average molecular weight is 322 g/mol. The molecule has 0 bridgehead atoms. The number of nitrogens with one attached hydrogen (secondary N) is 1. The third-order valence-electron chi connectivity index (χ3n) is 3.44. The van der Waals surface area contributed by atoms with Gasteiger partial charge in [-0.2, -0.15) is 0 Å². The molecule has 5 nitrogen and oxygen atoms in total. The number of rotatable bonds is 3. The van der Waals surface area contributed by atoms with Gasteiger partial charge in [-0.05, 0) is 41.6 Å². The van der Waals surface area contributed by atoms with Crippen LogP contribution in [-0.4, -0.2) is 21.4 Å². The third kappa shape index (κ3) is 2.66. The fourth-order valence-corrected chi connectivity index (χ4v) is 4.38. The lowest BCUT2D eigenvalue weighted by atomic mass is 10.0. The van der Waals surface area contributed by atoms with E-state index in [1.165, 1.54) is 11.3 Å². The maximum absolute atomic E-state index is 12.2. The number of carbonyl (C=O) groups is 1. The molecule has 3 rings (SSSR count). The van der Waals surface area contributed by atoms with Crippen LogP contribution in [0.25, 0.3) is 0 Å². The number of nitrogens with zero attached hydrogens (tertiary/aromatic N) is 1. The Bertz CT molecular complexity index is 783. The summed E-state index contributed by atoms with van der Waals surface area (Å²) in [7, 11) is -1.80. The number of carbonyl (C=O) groups excluding carboxylic acids is 1. The second kappa shape index (κ2) is 5.16. The Kier molecular flexibility index (Phi) is 3.46. The van der Waals surface area contributed by atoms with Crippen LogP contribution in [0.2, 0.25) is 0 Å². The van der Waals surface area contributed by atoms with Gasteiger partial charge in [-0.15, -0.1) is 11.3 Å². The van der Waals surface area contributed by atoms with Gasteiger partial charge in [0.1, 0.15) is 4.21 Å². The summed E-state index contributed by atoms with van der Waals surface area (Å²) in [5, 5.41) is 1.72. The molecule has 0 radical (unpaired) electrons. The Morgan fingerprint density at radius 1 is 1.24 bits per heavy atom. The number of hydrogen-bond acceptors (Lipinski definition) is 4. The standard InChI is InChI=1S/C14H14N2O3S2/c1-16-12-6-5-11(9-10(12)4-7-13(16)17)15-21(18,19)14-3-2-8-20-14/h2-3,5-6,8-9,15H,4,7H2,1H3. The highest BCUT2D eigenvalue weighted by atomic mass is 32.2. The van der Waals surface area contributed by atoms with Crippen molar-refractivity contribution >= 4 is 38.6 Å². The molecule has 0 saturated heterocycles. The van der Waals surface area contributed by atoms with E-state index < -0.39 is 10.0 Å². The summed E-state index contributed by atoms with van der Waals surface area (Å²) in [6.45, 7) is 0. The van der Waals surface area contributed by atoms with Crippen molar-refractivity contribution in [3.05, 3.63) is 41.3 Å². The lowest BCUT2D eigenvalue weighted by molar-refractivity contribution is -0.118. The minimum absolute atomic E-state index is 0.0782. The molecule has 1 aromatic carbocycles. The van der Waals surface area contributed by atoms with Crippen molar-refractivity contribution in [2.45, 2.75) is 17.1 Å². The topological polar surface area (TPSA) is 66.5 Å². The number of hydrogen-bond donors (Lipinski definition) is 1. The molecule has 21 heavy (non-hydrogen) atoms. The van der Waals surface area contributed by atoms with Crippen LogP contribution in [0.3, 0.4) is 0 Å². The van der Waals surface area contributed by atoms with Crippen LogP contribution in [0.5, 0.6) is 0 Å². The van der Waals surface area contributed by atoms with Crippen LogP contribution in [0.1, 0.15) is 12.0 Å². The Morgan fingerprint density at radius 2 is 2.05 bits per heavy atom. The van der Waals surface area contributed by atoms with E-state index in [9.17, 15) is 13.2 Å². The van der Waals surface area contributed by atoms with E-state index in [2.05, 4.69) is 4.72 Å². The van der Waals surface area contributed by atoms with Crippen molar-refractivity contribution in [1.29, 1.82) is 0 Å². The zero-order valence-corrected chi connectivity index (χ0v) is 13.0. The first-order valence-electron chi connectivity index (χ1n) is 6.43. The van der Waals surface area contributed by atoms with Crippen molar-refractivity contribution < 1.29 is 13.2 Å². The predicted molar refractivity (Wildman–Crippen MR) is 83.3 cm³/mol. The number of thiophene rings is 1. The fraction of sp³-hybridized carbons (Fsp3) is 0.214. The smallest absolute Gasteiger partial charge is 0.271 e. The van der Waals surface area contributed by atoms with E-state index in [1.54, 1.807) is 47.7 Å². The number of anilines is 2. The van der Waals surface area contributed by atoms with Crippen molar-refractivity contribution in [2.75, 3.05) is 16.7 Å². The molecule has 0 fully saturated rings. The van der Waals surface area contributed by atoms with Gasteiger partial charge in [0, 0.05) is 24.8 Å². The van der Waals surface area contributed by atoms with Gasteiger partial charge in [0.15, 0.2) is 0 Å². The van der Waals surface area contributed by atoms with E-state index >= 15 is 0 Å². The molecule has 0 unspecified atom stereocenters. The normalized spacial score (nSPS) is 14.9. The Labute approximate surface area is 127 Å². The zero-order chi connectivity index (χ0) is 15.0. The minimum atomic E-state index is -3.53. The number of benzene rings is 1. The molecule has 2 aromatic rings. The number of sulfonamides is 1.